The summed E-state index contributed by atoms with van der Waals surface area (Å²) < 4.78 is 15.0. The van der Waals surface area contributed by atoms with Crippen LogP contribution in [-0.4, -0.2) is 32.3 Å². The average molecular weight is 303 g/mol. The van der Waals surface area contributed by atoms with Crippen LogP contribution in [0.2, 0.25) is 0 Å². The summed E-state index contributed by atoms with van der Waals surface area (Å²) in [6, 6.07) is 6.67. The van der Waals surface area contributed by atoms with Crippen LogP contribution in [0.25, 0.3) is 0 Å². The fourth-order valence-corrected chi connectivity index (χ4v) is 1.32. The van der Waals surface area contributed by atoms with Crippen molar-refractivity contribution >= 4 is 27.9 Å². The van der Waals surface area contributed by atoms with Crippen molar-refractivity contribution in [2.75, 3.05) is 14.2 Å². The molecule has 1 rings (SSSR count). The number of carbonyl (C=O) groups is 2. The fraction of sp³-hybridized carbons (Fsp3) is 0.273. The smallest absolute Gasteiger partial charge is 0.359 e. The first-order valence-electron chi connectivity index (χ1n) is 4.66. The number of hydrogen-bond donors (Lipinski definition) is 0. The van der Waals surface area contributed by atoms with Crippen LogP contribution in [0.15, 0.2) is 28.7 Å². The molecule has 92 valence electrons. The van der Waals surface area contributed by atoms with Crippen molar-refractivity contribution in [2.24, 2.45) is 0 Å². The van der Waals surface area contributed by atoms with Gasteiger partial charge in [-0.25, -0.2) is 9.59 Å². The number of methoxy groups -OCH3 is 2. The molecule has 1 aromatic carbocycles. The molecule has 0 amide bonds. The van der Waals surface area contributed by atoms with E-state index >= 15 is 0 Å². The number of esters is 2. The van der Waals surface area contributed by atoms with E-state index < -0.39 is 18.0 Å². The highest BCUT2D eigenvalue weighted by Gasteiger charge is 2.30. The molecule has 0 saturated carbocycles. The SMILES string of the molecule is COC(=O)C(Oc1ccc(Br)cc1)C(=O)OC. The number of halogens is 1. The maximum Gasteiger partial charge on any atom is 0.359 e. The van der Waals surface area contributed by atoms with Gasteiger partial charge in [-0.05, 0) is 24.3 Å². The average Bonchev–Trinajstić information content (AvgIpc) is 2.36. The quantitative estimate of drug-likeness (QED) is 0.624. The largest absolute Gasteiger partial charge is 0.467 e. The molecular formula is C11H11BrO5. The second kappa shape index (κ2) is 6.24. The van der Waals surface area contributed by atoms with Crippen LogP contribution in [0, 0.1) is 0 Å². The van der Waals surface area contributed by atoms with Crippen molar-refractivity contribution in [2.45, 2.75) is 6.10 Å². The van der Waals surface area contributed by atoms with Crippen LogP contribution in [0.5, 0.6) is 5.75 Å². The molecule has 0 bridgehead atoms. The van der Waals surface area contributed by atoms with Gasteiger partial charge in [0.25, 0.3) is 6.10 Å². The van der Waals surface area contributed by atoms with Gasteiger partial charge in [-0.15, -0.1) is 0 Å². The Morgan fingerprint density at radius 1 is 1.06 bits per heavy atom. The molecule has 6 heteroatoms. The molecule has 5 nitrogen and oxygen atoms in total. The lowest BCUT2D eigenvalue weighted by Gasteiger charge is -2.14. The summed E-state index contributed by atoms with van der Waals surface area (Å²) in [7, 11) is 2.34. The zero-order chi connectivity index (χ0) is 12.8. The summed E-state index contributed by atoms with van der Waals surface area (Å²) in [6.45, 7) is 0. The number of hydrogen-bond acceptors (Lipinski definition) is 5. The van der Waals surface area contributed by atoms with Gasteiger partial charge in [0.1, 0.15) is 5.75 Å². The maximum atomic E-state index is 11.3. The minimum Gasteiger partial charge on any atom is -0.467 e. The molecule has 17 heavy (non-hydrogen) atoms. The number of carbonyl (C=O) groups excluding carboxylic acids is 2. The summed E-state index contributed by atoms with van der Waals surface area (Å²) >= 11 is 3.26. The van der Waals surface area contributed by atoms with Gasteiger partial charge in [-0.3, -0.25) is 0 Å². The van der Waals surface area contributed by atoms with Crippen LogP contribution >= 0.6 is 15.9 Å². The van der Waals surface area contributed by atoms with Crippen LogP contribution in [0.1, 0.15) is 0 Å². The van der Waals surface area contributed by atoms with Gasteiger partial charge in [0.2, 0.25) is 0 Å². The Hall–Kier alpha value is -1.56. The lowest BCUT2D eigenvalue weighted by molar-refractivity contribution is -0.163. The van der Waals surface area contributed by atoms with Crippen molar-refractivity contribution in [1.82, 2.24) is 0 Å². The fourth-order valence-electron chi connectivity index (χ4n) is 1.06. The van der Waals surface area contributed by atoms with E-state index in [1.807, 2.05) is 0 Å². The van der Waals surface area contributed by atoms with Gasteiger partial charge < -0.3 is 14.2 Å². The predicted molar refractivity (Wildman–Crippen MR) is 62.6 cm³/mol. The van der Waals surface area contributed by atoms with Crippen molar-refractivity contribution in [1.29, 1.82) is 0 Å². The van der Waals surface area contributed by atoms with Crippen LogP contribution in [-0.2, 0) is 19.1 Å². The molecule has 0 saturated heterocycles. The summed E-state index contributed by atoms with van der Waals surface area (Å²) in [4.78, 5) is 22.7. The lowest BCUT2D eigenvalue weighted by atomic mass is 10.3. The first kappa shape index (κ1) is 13.5. The Labute approximate surface area is 107 Å². The number of rotatable bonds is 4. The zero-order valence-corrected chi connectivity index (χ0v) is 10.9. The van der Waals surface area contributed by atoms with E-state index in [9.17, 15) is 9.59 Å². The summed E-state index contributed by atoms with van der Waals surface area (Å²) in [5, 5.41) is 0. The number of benzene rings is 1. The minimum atomic E-state index is -1.41. The van der Waals surface area contributed by atoms with E-state index in [1.165, 1.54) is 14.2 Å². The zero-order valence-electron chi connectivity index (χ0n) is 9.31. The maximum absolute atomic E-state index is 11.3. The van der Waals surface area contributed by atoms with Crippen molar-refractivity contribution in [3.63, 3.8) is 0 Å². The van der Waals surface area contributed by atoms with E-state index in [-0.39, 0.29) is 0 Å². The molecule has 0 heterocycles. The predicted octanol–water partition coefficient (Wildman–Crippen LogP) is 1.54. The van der Waals surface area contributed by atoms with E-state index in [1.54, 1.807) is 24.3 Å². The summed E-state index contributed by atoms with van der Waals surface area (Å²) in [5.74, 6) is -1.24. The molecule has 0 aliphatic carbocycles. The van der Waals surface area contributed by atoms with Gasteiger partial charge >= 0.3 is 11.9 Å². The summed E-state index contributed by atoms with van der Waals surface area (Å²) in [5.41, 5.74) is 0. The van der Waals surface area contributed by atoms with Gasteiger partial charge in [-0.2, -0.15) is 0 Å². The Morgan fingerprint density at radius 3 is 1.94 bits per heavy atom. The molecule has 0 atom stereocenters. The molecule has 0 radical (unpaired) electrons. The van der Waals surface area contributed by atoms with Gasteiger partial charge in [0.15, 0.2) is 0 Å². The van der Waals surface area contributed by atoms with Crippen molar-refractivity contribution in [3.8, 4) is 5.75 Å². The van der Waals surface area contributed by atoms with Crippen LogP contribution in [0.3, 0.4) is 0 Å². The Morgan fingerprint density at radius 2 is 1.53 bits per heavy atom. The third-order valence-corrected chi connectivity index (χ3v) is 2.43. The highest BCUT2D eigenvalue weighted by Crippen LogP contribution is 2.17. The second-order valence-corrected chi connectivity index (χ2v) is 3.91. The van der Waals surface area contributed by atoms with Crippen molar-refractivity contribution < 1.29 is 23.8 Å². The monoisotopic (exact) mass is 302 g/mol. The van der Waals surface area contributed by atoms with Gasteiger partial charge in [0.05, 0.1) is 14.2 Å². The Balaban J connectivity index is 2.82. The molecule has 0 aromatic heterocycles. The Kier molecular flexibility index (Phi) is 4.96. The highest BCUT2D eigenvalue weighted by molar-refractivity contribution is 9.10. The normalized spacial score (nSPS) is 9.88. The topological polar surface area (TPSA) is 61.8 Å². The molecule has 0 aliphatic heterocycles. The third kappa shape index (κ3) is 3.74. The minimum absolute atomic E-state index is 0.369. The molecule has 0 N–H and O–H groups in total. The highest BCUT2D eigenvalue weighted by atomic mass is 79.9. The first-order chi connectivity index (χ1) is 8.08. The van der Waals surface area contributed by atoms with E-state index in [2.05, 4.69) is 25.4 Å². The lowest BCUT2D eigenvalue weighted by Crippen LogP contribution is -2.37. The molecule has 1 aromatic rings. The molecule has 0 unspecified atom stereocenters. The molecule has 0 fully saturated rings. The van der Waals surface area contributed by atoms with E-state index in [0.29, 0.717) is 5.75 Å². The van der Waals surface area contributed by atoms with Gasteiger partial charge in [-0.1, -0.05) is 15.9 Å². The molecular weight excluding hydrogens is 292 g/mol. The van der Waals surface area contributed by atoms with E-state index in [0.717, 1.165) is 4.47 Å². The Bertz CT molecular complexity index is 385. The van der Waals surface area contributed by atoms with E-state index in [4.69, 9.17) is 4.74 Å². The third-order valence-electron chi connectivity index (χ3n) is 1.90. The van der Waals surface area contributed by atoms with Crippen molar-refractivity contribution in [3.05, 3.63) is 28.7 Å². The second-order valence-electron chi connectivity index (χ2n) is 3.00. The molecule has 0 spiro atoms. The van der Waals surface area contributed by atoms with Crippen LogP contribution in [0.4, 0.5) is 0 Å². The number of ether oxygens (including phenoxy) is 3. The van der Waals surface area contributed by atoms with Gasteiger partial charge in [0, 0.05) is 4.47 Å². The first-order valence-corrected chi connectivity index (χ1v) is 5.45. The summed E-state index contributed by atoms with van der Waals surface area (Å²) in [6.07, 6.45) is -1.41. The van der Waals surface area contributed by atoms with Crippen LogP contribution < -0.4 is 4.74 Å². The molecule has 0 aliphatic rings. The standard InChI is InChI=1S/C11H11BrO5/c1-15-10(13)9(11(14)16-2)17-8-5-3-7(12)4-6-8/h3-6,9H,1-2H3.